The lowest BCUT2D eigenvalue weighted by molar-refractivity contribution is -0.121. The van der Waals surface area contributed by atoms with Crippen LogP contribution in [0.4, 0.5) is 5.82 Å². The maximum absolute atomic E-state index is 11.8. The van der Waals surface area contributed by atoms with Crippen LogP contribution in [0.15, 0.2) is 12.1 Å². The number of halogens is 1. The molecule has 0 aliphatic carbocycles. The molecule has 1 aromatic heterocycles. The van der Waals surface area contributed by atoms with Crippen molar-refractivity contribution in [2.24, 2.45) is 5.92 Å². The first-order chi connectivity index (χ1) is 9.40. The smallest absolute Gasteiger partial charge is 0.271 e. The van der Waals surface area contributed by atoms with Gasteiger partial charge in [0.1, 0.15) is 11.5 Å². The lowest BCUT2D eigenvalue weighted by Gasteiger charge is -2.09. The molecule has 7 heteroatoms. The first-order valence-electron chi connectivity index (χ1n) is 6.37. The number of anilines is 1. The van der Waals surface area contributed by atoms with Gasteiger partial charge in [-0.15, -0.1) is 0 Å². The average molecular weight is 299 g/mol. The van der Waals surface area contributed by atoms with E-state index in [0.717, 1.165) is 0 Å². The van der Waals surface area contributed by atoms with Gasteiger partial charge in [-0.1, -0.05) is 25.4 Å². The van der Waals surface area contributed by atoms with Gasteiger partial charge in [-0.2, -0.15) is 0 Å². The predicted octanol–water partition coefficient (Wildman–Crippen LogP) is 1.21. The molecule has 0 bridgehead atoms. The minimum Gasteiger partial charge on any atom is -0.384 e. The number of hydrogen-bond donors (Lipinski definition) is 3. The van der Waals surface area contributed by atoms with Crippen molar-refractivity contribution >= 4 is 29.2 Å². The fraction of sp³-hybridized carbons (Fsp3) is 0.462. The van der Waals surface area contributed by atoms with Crippen LogP contribution in [0.25, 0.3) is 0 Å². The normalized spacial score (nSPS) is 10.4. The van der Waals surface area contributed by atoms with Gasteiger partial charge in [-0.05, 0) is 18.1 Å². The van der Waals surface area contributed by atoms with E-state index in [1.54, 1.807) is 0 Å². The van der Waals surface area contributed by atoms with E-state index in [1.165, 1.54) is 12.1 Å². The van der Waals surface area contributed by atoms with Gasteiger partial charge in [0.15, 0.2) is 0 Å². The zero-order valence-electron chi connectivity index (χ0n) is 11.6. The van der Waals surface area contributed by atoms with E-state index in [4.69, 9.17) is 17.3 Å². The molecule has 0 atom stereocenters. The number of pyridine rings is 1. The molecule has 0 saturated carbocycles. The van der Waals surface area contributed by atoms with Crippen LogP contribution in [0, 0.1) is 5.92 Å². The fourth-order valence-electron chi connectivity index (χ4n) is 1.40. The second-order valence-corrected chi connectivity index (χ2v) is 5.18. The minimum absolute atomic E-state index is 0.0641. The number of nitrogens with two attached hydrogens (primary N) is 1. The van der Waals surface area contributed by atoms with Crippen molar-refractivity contribution in [3.05, 3.63) is 22.8 Å². The number of nitrogens with one attached hydrogen (secondary N) is 2. The first-order valence-corrected chi connectivity index (χ1v) is 6.75. The highest BCUT2D eigenvalue weighted by Crippen LogP contribution is 2.14. The second kappa shape index (κ2) is 7.69. The monoisotopic (exact) mass is 298 g/mol. The quantitative estimate of drug-likeness (QED) is 0.735. The van der Waals surface area contributed by atoms with Crippen molar-refractivity contribution in [3.63, 3.8) is 0 Å². The number of carbonyl (C=O) groups excluding carboxylic acids is 2. The van der Waals surface area contributed by atoms with Gasteiger partial charge in [0, 0.05) is 19.5 Å². The summed E-state index contributed by atoms with van der Waals surface area (Å²) in [6, 6.07) is 3.02. The molecule has 20 heavy (non-hydrogen) atoms. The Morgan fingerprint density at radius 1 is 1.35 bits per heavy atom. The van der Waals surface area contributed by atoms with Crippen LogP contribution in [0.3, 0.4) is 0 Å². The zero-order valence-corrected chi connectivity index (χ0v) is 12.3. The molecule has 4 N–H and O–H groups in total. The maximum Gasteiger partial charge on any atom is 0.271 e. The van der Waals surface area contributed by atoms with Gasteiger partial charge >= 0.3 is 0 Å². The number of hydrogen-bond acceptors (Lipinski definition) is 4. The molecule has 0 unspecified atom stereocenters. The molecule has 0 radical (unpaired) electrons. The van der Waals surface area contributed by atoms with E-state index >= 15 is 0 Å². The minimum atomic E-state index is -0.445. The molecule has 6 nitrogen and oxygen atoms in total. The third kappa shape index (κ3) is 5.44. The lowest BCUT2D eigenvalue weighted by Crippen LogP contribution is -2.32. The van der Waals surface area contributed by atoms with Crippen molar-refractivity contribution in [2.45, 2.75) is 20.3 Å². The summed E-state index contributed by atoms with van der Waals surface area (Å²) < 4.78 is 0. The Balaban J connectivity index is 2.40. The van der Waals surface area contributed by atoms with Crippen LogP contribution in [0.1, 0.15) is 30.8 Å². The van der Waals surface area contributed by atoms with Crippen molar-refractivity contribution < 1.29 is 9.59 Å². The highest BCUT2D eigenvalue weighted by atomic mass is 35.5. The van der Waals surface area contributed by atoms with E-state index in [1.807, 2.05) is 13.8 Å². The van der Waals surface area contributed by atoms with Crippen LogP contribution in [-0.2, 0) is 4.79 Å². The van der Waals surface area contributed by atoms with E-state index in [0.29, 0.717) is 12.5 Å². The van der Waals surface area contributed by atoms with Crippen molar-refractivity contribution in [1.82, 2.24) is 15.6 Å². The summed E-state index contributed by atoms with van der Waals surface area (Å²) in [5, 5.41) is 5.57. The molecule has 0 aliphatic rings. The van der Waals surface area contributed by atoms with Crippen LogP contribution in [0.5, 0.6) is 0 Å². The summed E-state index contributed by atoms with van der Waals surface area (Å²) in [5.41, 5.74) is 5.56. The average Bonchev–Trinajstić information content (AvgIpc) is 2.39. The zero-order chi connectivity index (χ0) is 15.1. The van der Waals surface area contributed by atoms with Crippen LogP contribution < -0.4 is 16.4 Å². The Kier molecular flexibility index (Phi) is 6.24. The van der Waals surface area contributed by atoms with Crippen molar-refractivity contribution in [1.29, 1.82) is 0 Å². The van der Waals surface area contributed by atoms with Gasteiger partial charge in [0.25, 0.3) is 5.91 Å². The predicted molar refractivity (Wildman–Crippen MR) is 78.5 cm³/mol. The third-order valence-electron chi connectivity index (χ3n) is 2.43. The highest BCUT2D eigenvalue weighted by molar-refractivity contribution is 6.33. The molecule has 0 saturated heterocycles. The second-order valence-electron chi connectivity index (χ2n) is 4.77. The molecule has 1 heterocycles. The Hall–Kier alpha value is -1.82. The van der Waals surface area contributed by atoms with Gasteiger partial charge in [-0.3, -0.25) is 9.59 Å². The Morgan fingerprint density at radius 2 is 2.05 bits per heavy atom. The summed E-state index contributed by atoms with van der Waals surface area (Å²) in [7, 11) is 0. The Bertz CT molecular complexity index is 491. The SMILES string of the molecule is CC(C)CNC(=O)CCNC(=O)c1nc(N)ccc1Cl. The molecule has 0 fully saturated rings. The Morgan fingerprint density at radius 3 is 2.70 bits per heavy atom. The standard InChI is InChI=1S/C13H19ClN4O2/c1-8(2)7-17-11(19)5-6-16-13(20)12-9(14)3-4-10(15)18-12/h3-4,8H,5-7H2,1-2H3,(H2,15,18)(H,16,20)(H,17,19). The summed E-state index contributed by atoms with van der Waals surface area (Å²) >= 11 is 5.86. The summed E-state index contributed by atoms with van der Waals surface area (Å²) in [5.74, 6) is 0.0580. The first kappa shape index (κ1) is 16.2. The maximum atomic E-state index is 11.8. The van der Waals surface area contributed by atoms with Gasteiger partial charge in [0.05, 0.1) is 5.02 Å². The van der Waals surface area contributed by atoms with E-state index in [-0.39, 0.29) is 35.4 Å². The van der Waals surface area contributed by atoms with Gasteiger partial charge in [0.2, 0.25) is 5.91 Å². The number of amides is 2. The summed E-state index contributed by atoms with van der Waals surface area (Å²) in [6.45, 7) is 4.86. The number of rotatable bonds is 6. The molecule has 1 rings (SSSR count). The largest absolute Gasteiger partial charge is 0.384 e. The summed E-state index contributed by atoms with van der Waals surface area (Å²) in [4.78, 5) is 27.1. The fourth-order valence-corrected chi connectivity index (χ4v) is 1.59. The van der Waals surface area contributed by atoms with E-state index < -0.39 is 5.91 Å². The van der Waals surface area contributed by atoms with E-state index in [2.05, 4.69) is 15.6 Å². The lowest BCUT2D eigenvalue weighted by atomic mass is 10.2. The van der Waals surface area contributed by atoms with Crippen LogP contribution in [-0.4, -0.2) is 29.9 Å². The molecule has 2 amide bonds. The summed E-state index contributed by atoms with van der Waals surface area (Å²) in [6.07, 6.45) is 0.207. The van der Waals surface area contributed by atoms with Crippen molar-refractivity contribution in [3.8, 4) is 0 Å². The highest BCUT2D eigenvalue weighted by Gasteiger charge is 2.12. The number of nitrogens with zero attached hydrogens (tertiary/aromatic N) is 1. The van der Waals surface area contributed by atoms with Gasteiger partial charge in [-0.25, -0.2) is 4.98 Å². The molecule has 0 spiro atoms. The third-order valence-corrected chi connectivity index (χ3v) is 2.73. The Labute approximate surface area is 123 Å². The topological polar surface area (TPSA) is 97.1 Å². The molecule has 0 aromatic carbocycles. The number of aromatic nitrogens is 1. The van der Waals surface area contributed by atoms with E-state index in [9.17, 15) is 9.59 Å². The molecular weight excluding hydrogens is 280 g/mol. The number of carbonyl (C=O) groups is 2. The molecule has 0 aliphatic heterocycles. The molecule has 1 aromatic rings. The van der Waals surface area contributed by atoms with Crippen LogP contribution in [0.2, 0.25) is 5.02 Å². The number of nitrogen functional groups attached to an aromatic ring is 1. The van der Waals surface area contributed by atoms with Gasteiger partial charge < -0.3 is 16.4 Å². The molecule has 110 valence electrons. The van der Waals surface area contributed by atoms with Crippen molar-refractivity contribution in [2.75, 3.05) is 18.8 Å². The van der Waals surface area contributed by atoms with Crippen LogP contribution >= 0.6 is 11.6 Å². The molecular formula is C13H19ClN4O2.